The van der Waals surface area contributed by atoms with Crippen LogP contribution in [-0.2, 0) is 4.79 Å². The highest BCUT2D eigenvalue weighted by Crippen LogP contribution is 2.47. The number of hydrogen-bond donors (Lipinski definition) is 2. The molecular weight excluding hydrogens is 280 g/mol. The smallest absolute Gasteiger partial charge is 0.335 e. The van der Waals surface area contributed by atoms with Crippen molar-refractivity contribution >= 4 is 17.6 Å². The SMILES string of the molecule is Cc1cc(NC(=O)C2CC2c2cccnc2)ccc1C(=O)O. The fourth-order valence-corrected chi connectivity index (χ4v) is 2.66. The molecule has 1 heterocycles. The molecule has 2 atom stereocenters. The third kappa shape index (κ3) is 2.83. The molecule has 1 aliphatic rings. The molecule has 22 heavy (non-hydrogen) atoms. The molecule has 1 aliphatic carbocycles. The lowest BCUT2D eigenvalue weighted by atomic mass is 10.1. The number of aryl methyl sites for hydroxylation is 1. The van der Waals surface area contributed by atoms with Crippen LogP contribution in [0.2, 0.25) is 0 Å². The number of nitrogens with zero attached hydrogens (tertiary/aromatic N) is 1. The van der Waals surface area contributed by atoms with Crippen LogP contribution in [0.15, 0.2) is 42.7 Å². The number of carboxylic acids is 1. The number of carbonyl (C=O) groups is 2. The Labute approximate surface area is 128 Å². The van der Waals surface area contributed by atoms with Gasteiger partial charge in [0.1, 0.15) is 0 Å². The van der Waals surface area contributed by atoms with Crippen molar-refractivity contribution in [2.75, 3.05) is 5.32 Å². The zero-order valence-corrected chi connectivity index (χ0v) is 12.1. The maximum atomic E-state index is 12.2. The Morgan fingerprint density at radius 2 is 2.14 bits per heavy atom. The Balaban J connectivity index is 1.66. The molecule has 112 valence electrons. The molecular formula is C17H16N2O3. The summed E-state index contributed by atoms with van der Waals surface area (Å²) in [6.07, 6.45) is 4.33. The van der Waals surface area contributed by atoms with E-state index in [-0.39, 0.29) is 23.3 Å². The van der Waals surface area contributed by atoms with Crippen LogP contribution in [0, 0.1) is 12.8 Å². The normalized spacial score (nSPS) is 19.5. The second-order valence-electron chi connectivity index (χ2n) is 5.56. The van der Waals surface area contributed by atoms with E-state index in [0.717, 1.165) is 12.0 Å². The molecule has 0 spiro atoms. The number of carbonyl (C=O) groups excluding carboxylic acids is 1. The first kappa shape index (κ1) is 14.3. The third-order valence-corrected chi connectivity index (χ3v) is 3.96. The average Bonchev–Trinajstić information content (AvgIpc) is 3.28. The van der Waals surface area contributed by atoms with Crippen LogP contribution in [0.1, 0.15) is 33.8 Å². The van der Waals surface area contributed by atoms with Gasteiger partial charge in [0.05, 0.1) is 5.56 Å². The van der Waals surface area contributed by atoms with Crippen molar-refractivity contribution in [2.45, 2.75) is 19.3 Å². The quantitative estimate of drug-likeness (QED) is 0.909. The summed E-state index contributed by atoms with van der Waals surface area (Å²) in [7, 11) is 0. The van der Waals surface area contributed by atoms with E-state index in [2.05, 4.69) is 10.3 Å². The van der Waals surface area contributed by atoms with E-state index in [9.17, 15) is 9.59 Å². The van der Waals surface area contributed by atoms with Gasteiger partial charge in [0.2, 0.25) is 5.91 Å². The average molecular weight is 296 g/mol. The molecule has 0 bridgehead atoms. The Morgan fingerprint density at radius 3 is 2.77 bits per heavy atom. The minimum absolute atomic E-state index is 0.0312. The molecule has 3 rings (SSSR count). The number of rotatable bonds is 4. The van der Waals surface area contributed by atoms with Crippen LogP contribution in [0.25, 0.3) is 0 Å². The molecule has 2 aromatic rings. The molecule has 1 aromatic heterocycles. The third-order valence-electron chi connectivity index (χ3n) is 3.96. The van der Waals surface area contributed by atoms with Crippen molar-refractivity contribution in [2.24, 2.45) is 5.92 Å². The summed E-state index contributed by atoms with van der Waals surface area (Å²) >= 11 is 0. The van der Waals surface area contributed by atoms with Gasteiger partial charge in [-0.05, 0) is 54.7 Å². The summed E-state index contributed by atoms with van der Waals surface area (Å²) in [5.74, 6) is -0.803. The first-order chi connectivity index (χ1) is 10.6. The Bertz CT molecular complexity index is 728. The highest BCUT2D eigenvalue weighted by Gasteiger charge is 2.44. The summed E-state index contributed by atoms with van der Waals surface area (Å²) in [6.45, 7) is 1.72. The van der Waals surface area contributed by atoms with Gasteiger partial charge in [-0.15, -0.1) is 0 Å². The van der Waals surface area contributed by atoms with Gasteiger partial charge in [-0.1, -0.05) is 6.07 Å². The zero-order chi connectivity index (χ0) is 15.7. The molecule has 0 saturated heterocycles. The minimum Gasteiger partial charge on any atom is -0.478 e. The van der Waals surface area contributed by atoms with Crippen LogP contribution < -0.4 is 5.32 Å². The number of amides is 1. The van der Waals surface area contributed by atoms with Crippen LogP contribution in [0.5, 0.6) is 0 Å². The molecule has 2 N–H and O–H groups in total. The first-order valence-electron chi connectivity index (χ1n) is 7.11. The summed E-state index contributed by atoms with van der Waals surface area (Å²) in [6, 6.07) is 8.67. The Kier molecular flexibility index (Phi) is 3.63. The molecule has 1 amide bonds. The van der Waals surface area contributed by atoms with Crippen LogP contribution in [0.4, 0.5) is 5.69 Å². The van der Waals surface area contributed by atoms with Crippen molar-refractivity contribution in [3.05, 3.63) is 59.4 Å². The fourth-order valence-electron chi connectivity index (χ4n) is 2.66. The predicted octanol–water partition coefficient (Wildman–Crippen LogP) is 2.83. The number of carboxylic acid groups (broad SMARTS) is 1. The Morgan fingerprint density at radius 1 is 1.32 bits per heavy atom. The lowest BCUT2D eigenvalue weighted by Gasteiger charge is -2.07. The molecule has 2 unspecified atom stereocenters. The van der Waals surface area contributed by atoms with Crippen molar-refractivity contribution in [3.8, 4) is 0 Å². The predicted molar refractivity (Wildman–Crippen MR) is 81.9 cm³/mol. The lowest BCUT2D eigenvalue weighted by Crippen LogP contribution is -2.15. The van der Waals surface area contributed by atoms with Crippen molar-refractivity contribution in [1.29, 1.82) is 0 Å². The molecule has 0 radical (unpaired) electrons. The summed E-state index contributed by atoms with van der Waals surface area (Å²) in [4.78, 5) is 27.3. The molecule has 0 aliphatic heterocycles. The second kappa shape index (κ2) is 5.60. The van der Waals surface area contributed by atoms with E-state index in [1.165, 1.54) is 6.07 Å². The fraction of sp³-hybridized carbons (Fsp3) is 0.235. The number of benzene rings is 1. The molecule has 1 saturated carbocycles. The topological polar surface area (TPSA) is 79.3 Å². The second-order valence-corrected chi connectivity index (χ2v) is 5.56. The zero-order valence-electron chi connectivity index (χ0n) is 12.1. The van der Waals surface area contributed by atoms with Gasteiger partial charge in [-0.3, -0.25) is 9.78 Å². The number of aromatic nitrogens is 1. The maximum absolute atomic E-state index is 12.2. The Hall–Kier alpha value is -2.69. The van der Waals surface area contributed by atoms with Crippen molar-refractivity contribution < 1.29 is 14.7 Å². The highest BCUT2D eigenvalue weighted by molar-refractivity contribution is 5.96. The summed E-state index contributed by atoms with van der Waals surface area (Å²) in [5, 5.41) is 11.9. The van der Waals surface area contributed by atoms with E-state index in [4.69, 9.17) is 5.11 Å². The van der Waals surface area contributed by atoms with Gasteiger partial charge in [-0.2, -0.15) is 0 Å². The monoisotopic (exact) mass is 296 g/mol. The van der Waals surface area contributed by atoms with Gasteiger partial charge in [0, 0.05) is 24.0 Å². The van der Waals surface area contributed by atoms with Gasteiger partial charge in [-0.25, -0.2) is 4.79 Å². The maximum Gasteiger partial charge on any atom is 0.335 e. The van der Waals surface area contributed by atoms with Crippen LogP contribution in [-0.4, -0.2) is 22.0 Å². The number of hydrogen-bond acceptors (Lipinski definition) is 3. The van der Waals surface area contributed by atoms with E-state index in [1.54, 1.807) is 31.5 Å². The number of nitrogens with one attached hydrogen (secondary N) is 1. The number of anilines is 1. The van der Waals surface area contributed by atoms with Crippen molar-refractivity contribution in [3.63, 3.8) is 0 Å². The van der Waals surface area contributed by atoms with Gasteiger partial charge >= 0.3 is 5.97 Å². The first-order valence-corrected chi connectivity index (χ1v) is 7.11. The largest absolute Gasteiger partial charge is 0.478 e. The molecule has 5 heteroatoms. The van der Waals surface area contributed by atoms with Gasteiger partial charge in [0.25, 0.3) is 0 Å². The van der Waals surface area contributed by atoms with Gasteiger partial charge < -0.3 is 10.4 Å². The molecule has 1 fully saturated rings. The highest BCUT2D eigenvalue weighted by atomic mass is 16.4. The summed E-state index contributed by atoms with van der Waals surface area (Å²) < 4.78 is 0. The number of pyridine rings is 1. The van der Waals surface area contributed by atoms with E-state index in [1.807, 2.05) is 12.1 Å². The van der Waals surface area contributed by atoms with E-state index < -0.39 is 5.97 Å². The van der Waals surface area contributed by atoms with Crippen LogP contribution in [0.3, 0.4) is 0 Å². The summed E-state index contributed by atoms with van der Waals surface area (Å²) in [5.41, 5.74) is 2.59. The van der Waals surface area contributed by atoms with Gasteiger partial charge in [0.15, 0.2) is 0 Å². The van der Waals surface area contributed by atoms with Crippen molar-refractivity contribution in [1.82, 2.24) is 4.98 Å². The number of aromatic carboxylic acids is 1. The molecule has 1 aromatic carbocycles. The van der Waals surface area contributed by atoms with E-state index >= 15 is 0 Å². The van der Waals surface area contributed by atoms with E-state index in [0.29, 0.717) is 11.3 Å². The minimum atomic E-state index is -0.964. The lowest BCUT2D eigenvalue weighted by molar-refractivity contribution is -0.117. The standard InChI is InChI=1S/C17H16N2O3/c1-10-7-12(4-5-13(10)17(21)22)19-16(20)15-8-14(15)11-3-2-6-18-9-11/h2-7,9,14-15H,8H2,1H3,(H,19,20)(H,21,22). The molecule has 5 nitrogen and oxygen atoms in total. The van der Waals surface area contributed by atoms with Crippen LogP contribution >= 0.6 is 0 Å².